The van der Waals surface area contributed by atoms with Crippen molar-refractivity contribution < 1.29 is 40.2 Å². The van der Waals surface area contributed by atoms with Gasteiger partial charge >= 0.3 is 5.97 Å². The van der Waals surface area contributed by atoms with Gasteiger partial charge < -0.3 is 35.4 Å². The van der Waals surface area contributed by atoms with Crippen LogP contribution in [0.4, 0.5) is 0 Å². The predicted molar refractivity (Wildman–Crippen MR) is 49.2 cm³/mol. The molecule has 0 heterocycles. The number of carbonyl (C=O) groups excluding carboxylic acids is 1. The minimum atomic E-state index is -2.03. The summed E-state index contributed by atoms with van der Waals surface area (Å²) < 4.78 is 4.32. The van der Waals surface area contributed by atoms with Gasteiger partial charge in [0.25, 0.3) is 0 Å². The van der Waals surface area contributed by atoms with E-state index >= 15 is 0 Å². The van der Waals surface area contributed by atoms with Gasteiger partial charge in [0.05, 0.1) is 13.2 Å². The molecule has 0 aromatic carbocycles. The van der Waals surface area contributed by atoms with Gasteiger partial charge in [-0.2, -0.15) is 0 Å². The fraction of sp³-hybridized carbons (Fsp3) is 0.875. The molecule has 0 saturated heterocycles. The molecule has 4 atom stereocenters. The molecular formula is C8H16O8. The average Bonchev–Trinajstić information content (AvgIpc) is 2.32. The van der Waals surface area contributed by atoms with Crippen LogP contribution in [0.3, 0.4) is 0 Å². The van der Waals surface area contributed by atoms with Gasteiger partial charge in [0.1, 0.15) is 24.9 Å². The third-order valence-electron chi connectivity index (χ3n) is 1.77. The summed E-state index contributed by atoms with van der Waals surface area (Å²) in [5.74, 6) is -1.27. The molecule has 8 nitrogen and oxygen atoms in total. The fourth-order valence-electron chi connectivity index (χ4n) is 0.774. The van der Waals surface area contributed by atoms with Gasteiger partial charge in [-0.25, -0.2) is 4.79 Å². The fourth-order valence-corrected chi connectivity index (χ4v) is 0.774. The Balaban J connectivity index is 4.07. The normalized spacial score (nSPS) is 18.6. The van der Waals surface area contributed by atoms with Crippen LogP contribution in [0, 0.1) is 0 Å². The summed E-state index contributed by atoms with van der Waals surface area (Å²) in [5, 5.41) is 52.8. The Hall–Kier alpha value is -0.770. The van der Waals surface area contributed by atoms with Crippen molar-refractivity contribution in [3.05, 3.63) is 0 Å². The lowest BCUT2D eigenvalue weighted by molar-refractivity contribution is -0.169. The first-order valence-electron chi connectivity index (χ1n) is 4.54. The number of ether oxygens (including phenoxy) is 1. The van der Waals surface area contributed by atoms with Gasteiger partial charge in [-0.3, -0.25) is 0 Å². The van der Waals surface area contributed by atoms with Crippen LogP contribution >= 0.6 is 0 Å². The molecule has 0 aliphatic carbocycles. The highest BCUT2D eigenvalue weighted by Crippen LogP contribution is 2.02. The molecule has 0 spiro atoms. The van der Waals surface area contributed by atoms with Gasteiger partial charge in [0.2, 0.25) is 0 Å². The van der Waals surface area contributed by atoms with Gasteiger partial charge in [0.15, 0.2) is 6.10 Å². The molecule has 0 aliphatic rings. The van der Waals surface area contributed by atoms with Crippen molar-refractivity contribution in [1.82, 2.24) is 0 Å². The summed E-state index contributed by atoms with van der Waals surface area (Å²) >= 11 is 0. The van der Waals surface area contributed by atoms with Crippen LogP contribution in [0.2, 0.25) is 0 Å². The van der Waals surface area contributed by atoms with E-state index in [9.17, 15) is 4.79 Å². The maximum Gasteiger partial charge on any atom is 0.337 e. The van der Waals surface area contributed by atoms with E-state index in [0.717, 1.165) is 0 Å². The number of aliphatic hydroxyl groups excluding tert-OH is 6. The third-order valence-corrected chi connectivity index (χ3v) is 1.77. The number of hydrogen-bond donors (Lipinski definition) is 6. The van der Waals surface area contributed by atoms with Crippen molar-refractivity contribution in [2.24, 2.45) is 0 Å². The topological polar surface area (TPSA) is 148 Å². The second-order valence-corrected chi connectivity index (χ2v) is 3.15. The maximum absolute atomic E-state index is 11.0. The van der Waals surface area contributed by atoms with E-state index in [1.54, 1.807) is 0 Å². The van der Waals surface area contributed by atoms with Crippen molar-refractivity contribution in [3.8, 4) is 0 Å². The van der Waals surface area contributed by atoms with Crippen LogP contribution in [0.15, 0.2) is 0 Å². The molecule has 0 amide bonds. The quantitative estimate of drug-likeness (QED) is 0.246. The van der Waals surface area contributed by atoms with Gasteiger partial charge in [-0.05, 0) is 0 Å². The van der Waals surface area contributed by atoms with E-state index in [1.165, 1.54) is 0 Å². The molecule has 1 unspecified atom stereocenters. The SMILES string of the molecule is O=C(OCC(O)CO)[C@@H](O)[C@H](O)[C@H](O)CO. The first-order valence-corrected chi connectivity index (χ1v) is 4.54. The molecule has 0 aliphatic heterocycles. The van der Waals surface area contributed by atoms with E-state index in [1.807, 2.05) is 0 Å². The van der Waals surface area contributed by atoms with Crippen molar-refractivity contribution >= 4 is 5.97 Å². The Labute approximate surface area is 91.3 Å². The van der Waals surface area contributed by atoms with Crippen LogP contribution in [-0.2, 0) is 9.53 Å². The predicted octanol–water partition coefficient (Wildman–Crippen LogP) is -4.04. The van der Waals surface area contributed by atoms with Crippen molar-refractivity contribution in [3.63, 3.8) is 0 Å². The van der Waals surface area contributed by atoms with Crippen LogP contribution < -0.4 is 0 Å². The van der Waals surface area contributed by atoms with Gasteiger partial charge in [0, 0.05) is 0 Å². The minimum Gasteiger partial charge on any atom is -0.461 e. The highest BCUT2D eigenvalue weighted by Gasteiger charge is 2.31. The lowest BCUT2D eigenvalue weighted by atomic mass is 10.1. The Bertz CT molecular complexity index is 208. The number of esters is 1. The Morgan fingerprint density at radius 3 is 2.06 bits per heavy atom. The molecule has 0 radical (unpaired) electrons. The first kappa shape index (κ1) is 15.2. The van der Waals surface area contributed by atoms with E-state index in [4.69, 9.17) is 30.6 Å². The number of rotatable bonds is 7. The monoisotopic (exact) mass is 240 g/mol. The second-order valence-electron chi connectivity index (χ2n) is 3.15. The van der Waals surface area contributed by atoms with Crippen molar-refractivity contribution in [2.75, 3.05) is 19.8 Å². The number of hydrogen-bond acceptors (Lipinski definition) is 8. The smallest absolute Gasteiger partial charge is 0.337 e. The van der Waals surface area contributed by atoms with Crippen molar-refractivity contribution in [2.45, 2.75) is 24.4 Å². The maximum atomic E-state index is 11.0. The molecule has 0 fully saturated rings. The zero-order valence-corrected chi connectivity index (χ0v) is 8.43. The van der Waals surface area contributed by atoms with Crippen LogP contribution in [0.5, 0.6) is 0 Å². The average molecular weight is 240 g/mol. The molecule has 6 N–H and O–H groups in total. The lowest BCUT2D eigenvalue weighted by Crippen LogP contribution is -2.45. The first-order chi connectivity index (χ1) is 7.43. The van der Waals surface area contributed by atoms with E-state index in [-0.39, 0.29) is 0 Å². The molecule has 0 saturated carbocycles. The summed E-state index contributed by atoms with van der Waals surface area (Å²) in [4.78, 5) is 11.0. The Morgan fingerprint density at radius 2 is 1.62 bits per heavy atom. The zero-order chi connectivity index (χ0) is 12.7. The van der Waals surface area contributed by atoms with Gasteiger partial charge in [-0.1, -0.05) is 0 Å². The van der Waals surface area contributed by atoms with Gasteiger partial charge in [-0.15, -0.1) is 0 Å². The molecule has 0 aromatic rings. The number of aliphatic hydroxyl groups is 6. The molecule has 0 bridgehead atoms. The van der Waals surface area contributed by atoms with Crippen LogP contribution in [0.1, 0.15) is 0 Å². The van der Waals surface area contributed by atoms with E-state index < -0.39 is 50.2 Å². The molecule has 0 rings (SSSR count). The van der Waals surface area contributed by atoms with E-state index in [2.05, 4.69) is 4.74 Å². The Morgan fingerprint density at radius 1 is 1.06 bits per heavy atom. The molecule has 0 aromatic heterocycles. The summed E-state index contributed by atoms with van der Waals surface area (Å²) in [6.07, 6.45) is -6.88. The minimum absolute atomic E-state index is 0.547. The summed E-state index contributed by atoms with van der Waals surface area (Å²) in [7, 11) is 0. The Kier molecular flexibility index (Phi) is 7.13. The van der Waals surface area contributed by atoms with E-state index in [0.29, 0.717) is 0 Å². The summed E-state index contributed by atoms with van der Waals surface area (Å²) in [6.45, 7) is -2.00. The van der Waals surface area contributed by atoms with Crippen molar-refractivity contribution in [1.29, 1.82) is 0 Å². The van der Waals surface area contributed by atoms with Crippen LogP contribution in [-0.4, -0.2) is 80.8 Å². The highest BCUT2D eigenvalue weighted by atomic mass is 16.6. The molecule has 8 heteroatoms. The molecular weight excluding hydrogens is 224 g/mol. The summed E-state index contributed by atoms with van der Waals surface area (Å²) in [6, 6.07) is 0. The second kappa shape index (κ2) is 7.49. The highest BCUT2D eigenvalue weighted by molar-refractivity contribution is 5.75. The largest absolute Gasteiger partial charge is 0.461 e. The lowest BCUT2D eigenvalue weighted by Gasteiger charge is -2.20. The standard InChI is InChI=1S/C8H16O8/c9-1-4(11)3-16-8(15)7(14)6(13)5(12)2-10/h4-7,9-14H,1-3H2/t4?,5-,6-,7+/m1/s1. The van der Waals surface area contributed by atoms with Crippen LogP contribution in [0.25, 0.3) is 0 Å². The zero-order valence-electron chi connectivity index (χ0n) is 8.43. The summed E-state index contributed by atoms with van der Waals surface area (Å²) in [5.41, 5.74) is 0. The third kappa shape index (κ3) is 4.84. The molecule has 16 heavy (non-hydrogen) atoms. The molecule has 96 valence electrons. The number of carbonyl (C=O) groups is 1.